The number of nitrogens with zero attached hydrogens (tertiary/aromatic N) is 1. The second-order valence-electron chi connectivity index (χ2n) is 7.10. The summed E-state index contributed by atoms with van der Waals surface area (Å²) in [6, 6.07) is 9.93. The Kier molecular flexibility index (Phi) is 5.67. The molecule has 0 radical (unpaired) electrons. The van der Waals surface area contributed by atoms with Gasteiger partial charge in [0.2, 0.25) is 10.0 Å². The minimum Gasteiger partial charge on any atom is -0.322 e. The van der Waals surface area contributed by atoms with Gasteiger partial charge in [-0.05, 0) is 52.0 Å². The molecule has 8 nitrogen and oxygen atoms in total. The maximum absolute atomic E-state index is 12.4. The highest BCUT2D eigenvalue weighted by atomic mass is 32.2. The molecule has 2 rings (SSSR count). The second-order valence-corrected chi connectivity index (χ2v) is 8.78. The monoisotopic (exact) mass is 391 g/mol. The van der Waals surface area contributed by atoms with E-state index < -0.39 is 26.4 Å². The number of carbonyl (C=O) groups excluding carboxylic acids is 1. The molecule has 0 saturated carbocycles. The lowest BCUT2D eigenvalue weighted by molar-refractivity contribution is -0.385. The Hall–Kier alpha value is -2.78. The number of nitrogens with one attached hydrogen (secondary N) is 2. The van der Waals surface area contributed by atoms with E-state index in [0.29, 0.717) is 5.56 Å². The van der Waals surface area contributed by atoms with Crippen LogP contribution in [0.15, 0.2) is 47.4 Å². The van der Waals surface area contributed by atoms with Crippen molar-refractivity contribution >= 4 is 27.3 Å². The zero-order chi connectivity index (χ0) is 20.4. The summed E-state index contributed by atoms with van der Waals surface area (Å²) in [7, 11) is -3.76. The molecule has 0 heterocycles. The Morgan fingerprint density at radius 2 is 1.78 bits per heavy atom. The van der Waals surface area contributed by atoms with Crippen LogP contribution in [0.4, 0.5) is 11.4 Å². The van der Waals surface area contributed by atoms with E-state index in [-0.39, 0.29) is 21.8 Å². The van der Waals surface area contributed by atoms with Crippen LogP contribution in [0.25, 0.3) is 0 Å². The maximum Gasteiger partial charge on any atom is 0.273 e. The molecular weight excluding hydrogens is 370 g/mol. The standard InChI is InChI=1S/C18H21N3O5S/c1-12-8-9-13(10-16(12)21(23)24)17(22)19-14-6-5-7-15(11-14)27(25,26)20-18(2,3)4/h5-11,20H,1-4H3,(H,19,22). The topological polar surface area (TPSA) is 118 Å². The minimum atomic E-state index is -3.76. The summed E-state index contributed by atoms with van der Waals surface area (Å²) in [5.41, 5.74) is -0.00140. The van der Waals surface area contributed by atoms with Crippen LogP contribution in [0.1, 0.15) is 36.7 Å². The number of amides is 1. The molecule has 144 valence electrons. The van der Waals surface area contributed by atoms with Crippen LogP contribution in [0.5, 0.6) is 0 Å². The molecule has 0 aliphatic heterocycles. The molecule has 0 atom stereocenters. The van der Waals surface area contributed by atoms with E-state index in [9.17, 15) is 23.3 Å². The smallest absolute Gasteiger partial charge is 0.273 e. The number of hydrogen-bond acceptors (Lipinski definition) is 5. The predicted octanol–water partition coefficient (Wildman–Crippen LogP) is 3.23. The van der Waals surface area contributed by atoms with Gasteiger partial charge in [0.1, 0.15) is 0 Å². The highest BCUT2D eigenvalue weighted by Crippen LogP contribution is 2.21. The van der Waals surface area contributed by atoms with Crippen molar-refractivity contribution in [3.05, 3.63) is 63.7 Å². The predicted molar refractivity (Wildman–Crippen MR) is 102 cm³/mol. The van der Waals surface area contributed by atoms with Crippen molar-refractivity contribution in [2.45, 2.75) is 38.1 Å². The number of carbonyl (C=O) groups is 1. The molecule has 2 N–H and O–H groups in total. The fourth-order valence-corrected chi connectivity index (χ4v) is 3.82. The molecule has 1 amide bonds. The number of sulfonamides is 1. The first-order chi connectivity index (χ1) is 12.4. The van der Waals surface area contributed by atoms with Crippen LogP contribution in [0.2, 0.25) is 0 Å². The van der Waals surface area contributed by atoms with Gasteiger partial charge >= 0.3 is 0 Å². The molecule has 9 heteroatoms. The summed E-state index contributed by atoms with van der Waals surface area (Å²) in [5.74, 6) is -0.573. The molecule has 27 heavy (non-hydrogen) atoms. The normalized spacial score (nSPS) is 11.9. The van der Waals surface area contributed by atoms with Crippen molar-refractivity contribution in [1.29, 1.82) is 0 Å². The minimum absolute atomic E-state index is 0.00473. The Balaban J connectivity index is 2.28. The van der Waals surface area contributed by atoms with Crippen molar-refractivity contribution in [1.82, 2.24) is 4.72 Å². The SMILES string of the molecule is Cc1ccc(C(=O)Nc2cccc(S(=O)(=O)NC(C)(C)C)c2)cc1[N+](=O)[O-]. The summed E-state index contributed by atoms with van der Waals surface area (Å²) in [6.45, 7) is 6.75. The first-order valence-electron chi connectivity index (χ1n) is 8.09. The molecule has 0 aliphatic rings. The number of hydrogen-bond donors (Lipinski definition) is 2. The lowest BCUT2D eigenvalue weighted by Crippen LogP contribution is -2.40. The molecule has 0 saturated heterocycles. The zero-order valence-electron chi connectivity index (χ0n) is 15.4. The molecule has 0 unspecified atom stereocenters. The van der Waals surface area contributed by atoms with Gasteiger partial charge in [0.25, 0.3) is 11.6 Å². The van der Waals surface area contributed by atoms with Gasteiger partial charge in [0.05, 0.1) is 9.82 Å². The van der Waals surface area contributed by atoms with Gasteiger partial charge in [0, 0.05) is 28.4 Å². The average Bonchev–Trinajstić information content (AvgIpc) is 2.53. The van der Waals surface area contributed by atoms with Gasteiger partial charge in [-0.3, -0.25) is 14.9 Å². The number of aryl methyl sites for hydroxylation is 1. The van der Waals surface area contributed by atoms with Gasteiger partial charge in [-0.25, -0.2) is 13.1 Å². The largest absolute Gasteiger partial charge is 0.322 e. The highest BCUT2D eigenvalue weighted by molar-refractivity contribution is 7.89. The van der Waals surface area contributed by atoms with Crippen LogP contribution in [-0.4, -0.2) is 24.8 Å². The van der Waals surface area contributed by atoms with Gasteiger partial charge in [-0.2, -0.15) is 0 Å². The first kappa shape index (κ1) is 20.5. The molecule has 2 aromatic rings. The summed E-state index contributed by atoms with van der Waals surface area (Å²) >= 11 is 0. The fraction of sp³-hybridized carbons (Fsp3) is 0.278. The van der Waals surface area contributed by atoms with Gasteiger partial charge in [-0.15, -0.1) is 0 Å². The number of nitro groups is 1. The van der Waals surface area contributed by atoms with Crippen LogP contribution < -0.4 is 10.0 Å². The van der Waals surface area contributed by atoms with E-state index in [2.05, 4.69) is 10.0 Å². The number of benzene rings is 2. The van der Waals surface area contributed by atoms with Crippen LogP contribution in [0, 0.1) is 17.0 Å². The summed E-state index contributed by atoms with van der Waals surface area (Å²) in [5, 5.41) is 13.6. The Morgan fingerprint density at radius 3 is 2.37 bits per heavy atom. The average molecular weight is 391 g/mol. The fourth-order valence-electron chi connectivity index (χ4n) is 2.35. The van der Waals surface area contributed by atoms with E-state index in [1.54, 1.807) is 27.7 Å². The van der Waals surface area contributed by atoms with Crippen molar-refractivity contribution in [3.63, 3.8) is 0 Å². The first-order valence-corrected chi connectivity index (χ1v) is 9.58. The number of rotatable bonds is 5. The quantitative estimate of drug-likeness (QED) is 0.599. The molecule has 0 spiro atoms. The molecule has 2 aromatic carbocycles. The second kappa shape index (κ2) is 7.45. The van der Waals surface area contributed by atoms with Crippen molar-refractivity contribution < 1.29 is 18.1 Å². The molecule has 0 fully saturated rings. The summed E-state index contributed by atoms with van der Waals surface area (Å²) in [6.07, 6.45) is 0. The molecule has 0 bridgehead atoms. The van der Waals surface area contributed by atoms with Gasteiger partial charge in [-0.1, -0.05) is 12.1 Å². The maximum atomic E-state index is 12.4. The lowest BCUT2D eigenvalue weighted by Gasteiger charge is -2.20. The van der Waals surface area contributed by atoms with Crippen LogP contribution >= 0.6 is 0 Å². The third-order valence-electron chi connectivity index (χ3n) is 3.51. The summed E-state index contributed by atoms with van der Waals surface area (Å²) in [4.78, 5) is 22.9. The zero-order valence-corrected chi connectivity index (χ0v) is 16.3. The summed E-state index contributed by atoms with van der Waals surface area (Å²) < 4.78 is 27.4. The van der Waals surface area contributed by atoms with E-state index in [1.807, 2.05) is 0 Å². The van der Waals surface area contributed by atoms with Crippen molar-refractivity contribution in [2.24, 2.45) is 0 Å². The van der Waals surface area contributed by atoms with Gasteiger partial charge in [0.15, 0.2) is 0 Å². The lowest BCUT2D eigenvalue weighted by atomic mass is 10.1. The van der Waals surface area contributed by atoms with E-state index in [1.165, 1.54) is 42.5 Å². The highest BCUT2D eigenvalue weighted by Gasteiger charge is 2.22. The Labute approximate surface area is 157 Å². The van der Waals surface area contributed by atoms with Gasteiger partial charge < -0.3 is 5.32 Å². The van der Waals surface area contributed by atoms with E-state index in [0.717, 1.165) is 0 Å². The van der Waals surface area contributed by atoms with E-state index in [4.69, 9.17) is 0 Å². The molecule has 0 aromatic heterocycles. The van der Waals surface area contributed by atoms with Crippen LogP contribution in [0.3, 0.4) is 0 Å². The number of nitro benzene ring substituents is 1. The Morgan fingerprint density at radius 1 is 1.11 bits per heavy atom. The number of anilines is 1. The third-order valence-corrected chi connectivity index (χ3v) is 5.27. The van der Waals surface area contributed by atoms with Crippen molar-refractivity contribution in [2.75, 3.05) is 5.32 Å². The van der Waals surface area contributed by atoms with Crippen LogP contribution in [-0.2, 0) is 10.0 Å². The van der Waals surface area contributed by atoms with Crippen molar-refractivity contribution in [3.8, 4) is 0 Å². The molecular formula is C18H21N3O5S. The Bertz CT molecular complexity index is 994. The third kappa shape index (κ3) is 5.35. The molecule has 0 aliphatic carbocycles. The van der Waals surface area contributed by atoms with E-state index >= 15 is 0 Å².